The molecule has 0 aromatic heterocycles. The van der Waals surface area contributed by atoms with Crippen LogP contribution in [-0.2, 0) is 4.79 Å². The molecule has 1 saturated carbocycles. The van der Waals surface area contributed by atoms with Gasteiger partial charge in [-0.1, -0.05) is 13.3 Å². The number of hydrogen-bond donors (Lipinski definition) is 2. The Morgan fingerprint density at radius 3 is 2.73 bits per heavy atom. The van der Waals surface area contributed by atoms with E-state index in [0.717, 1.165) is 19.4 Å². The molecule has 2 rings (SSSR count). The fraction of sp³-hybridized carbons (Fsp3) is 0.909. The molecule has 2 aliphatic rings. The third-order valence-electron chi connectivity index (χ3n) is 3.73. The van der Waals surface area contributed by atoms with Crippen molar-refractivity contribution < 1.29 is 10.0 Å². The largest absolute Gasteiger partial charge is 0.316 e. The molecule has 0 bridgehead atoms. The van der Waals surface area contributed by atoms with E-state index in [1.807, 2.05) is 0 Å². The van der Waals surface area contributed by atoms with E-state index in [2.05, 4.69) is 31.2 Å². The predicted molar refractivity (Wildman–Crippen MR) is 56.7 cm³/mol. The summed E-state index contributed by atoms with van der Waals surface area (Å²) in [6, 6.07) is 0.0705. The zero-order valence-electron chi connectivity index (χ0n) is 9.66. The van der Waals surface area contributed by atoms with Crippen molar-refractivity contribution in [1.29, 1.82) is 0 Å². The molecule has 2 N–H and O–H groups in total. The summed E-state index contributed by atoms with van der Waals surface area (Å²) in [7, 11) is 0. The maximum Gasteiger partial charge on any atom is 0.159 e. The zero-order valence-corrected chi connectivity index (χ0v) is 9.66. The van der Waals surface area contributed by atoms with Gasteiger partial charge in [-0.05, 0) is 20.3 Å². The van der Waals surface area contributed by atoms with Crippen molar-refractivity contribution >= 4 is 5.78 Å². The average Bonchev–Trinajstić information content (AvgIpc) is 2.98. The molecule has 1 aliphatic heterocycles. The molecule has 4 unspecified atom stereocenters. The van der Waals surface area contributed by atoms with Crippen LogP contribution in [0, 0.1) is 5.92 Å². The fourth-order valence-electron chi connectivity index (χ4n) is 2.73. The molecule has 4 heteroatoms. The van der Waals surface area contributed by atoms with Gasteiger partial charge >= 0.3 is 0 Å². The van der Waals surface area contributed by atoms with Crippen LogP contribution in [0.4, 0.5) is 0 Å². The minimum Gasteiger partial charge on any atom is -0.316 e. The second kappa shape index (κ2) is 3.54. The van der Waals surface area contributed by atoms with Gasteiger partial charge in [0.05, 0.1) is 5.92 Å². The van der Waals surface area contributed by atoms with Gasteiger partial charge in [0.25, 0.3) is 0 Å². The summed E-state index contributed by atoms with van der Waals surface area (Å²) >= 11 is 0. The van der Waals surface area contributed by atoms with Gasteiger partial charge in [0.1, 0.15) is 6.04 Å². The molecular formula is C11H20N2O2. The molecule has 0 radical (unpaired) electrons. The van der Waals surface area contributed by atoms with Gasteiger partial charge in [-0.2, -0.15) is 5.48 Å². The van der Waals surface area contributed by atoms with Gasteiger partial charge in [0, 0.05) is 18.1 Å². The van der Waals surface area contributed by atoms with Gasteiger partial charge in [-0.3, -0.25) is 9.69 Å². The molecular weight excluding hydrogens is 192 g/mol. The molecule has 1 saturated heterocycles. The third kappa shape index (κ3) is 1.82. The van der Waals surface area contributed by atoms with E-state index >= 15 is 0 Å². The number of hydroxylamine groups is 1. The number of rotatable bonds is 5. The van der Waals surface area contributed by atoms with E-state index in [1.54, 1.807) is 0 Å². The normalized spacial score (nSPS) is 39.3. The number of nitrogens with zero attached hydrogens (tertiary/aromatic N) is 1. The van der Waals surface area contributed by atoms with Gasteiger partial charge in [0.15, 0.2) is 5.78 Å². The fourth-order valence-corrected chi connectivity index (χ4v) is 2.73. The summed E-state index contributed by atoms with van der Waals surface area (Å²) in [6.07, 6.45) is 2.32. The van der Waals surface area contributed by atoms with E-state index in [0.29, 0.717) is 6.04 Å². The topological polar surface area (TPSA) is 52.3 Å². The molecule has 0 amide bonds. The van der Waals surface area contributed by atoms with Crippen molar-refractivity contribution in [3.8, 4) is 0 Å². The Hall–Kier alpha value is -0.450. The molecule has 0 spiro atoms. The summed E-state index contributed by atoms with van der Waals surface area (Å²) in [5.74, 6) is 0.198. The molecule has 1 heterocycles. The summed E-state index contributed by atoms with van der Waals surface area (Å²) in [4.78, 5) is 13.7. The minimum absolute atomic E-state index is 0.0335. The summed E-state index contributed by atoms with van der Waals surface area (Å²) in [5.41, 5.74) is 2.28. The third-order valence-corrected chi connectivity index (χ3v) is 3.73. The average molecular weight is 212 g/mol. The van der Waals surface area contributed by atoms with Crippen LogP contribution in [0.5, 0.6) is 0 Å². The van der Waals surface area contributed by atoms with E-state index in [1.165, 1.54) is 0 Å². The highest BCUT2D eigenvalue weighted by Gasteiger charge is 2.62. The number of hydrogen-bond acceptors (Lipinski definition) is 4. The molecule has 4 atom stereocenters. The predicted octanol–water partition coefficient (Wildman–Crippen LogP) is 0.796. The second-order valence-corrected chi connectivity index (χ2v) is 5.32. The zero-order chi connectivity index (χ0) is 11.2. The van der Waals surface area contributed by atoms with Gasteiger partial charge < -0.3 is 5.21 Å². The van der Waals surface area contributed by atoms with Crippen molar-refractivity contribution in [2.75, 3.05) is 6.54 Å². The molecule has 86 valence electrons. The van der Waals surface area contributed by atoms with Crippen LogP contribution < -0.4 is 5.48 Å². The smallest absolute Gasteiger partial charge is 0.159 e. The van der Waals surface area contributed by atoms with Crippen molar-refractivity contribution in [2.45, 2.75) is 51.2 Å². The Morgan fingerprint density at radius 2 is 2.27 bits per heavy atom. The lowest BCUT2D eigenvalue weighted by Crippen LogP contribution is -2.32. The molecule has 0 aromatic carbocycles. The maximum atomic E-state index is 11.3. The van der Waals surface area contributed by atoms with Gasteiger partial charge in [-0.25, -0.2) is 0 Å². The highest BCUT2D eigenvalue weighted by molar-refractivity contribution is 6.04. The molecule has 0 aromatic rings. The van der Waals surface area contributed by atoms with Crippen LogP contribution in [0.1, 0.15) is 33.6 Å². The van der Waals surface area contributed by atoms with Crippen molar-refractivity contribution in [2.24, 2.45) is 5.92 Å². The van der Waals surface area contributed by atoms with E-state index in [9.17, 15) is 4.79 Å². The van der Waals surface area contributed by atoms with Crippen molar-refractivity contribution in [3.05, 3.63) is 0 Å². The summed E-state index contributed by atoms with van der Waals surface area (Å²) in [5, 5.41) is 8.73. The molecule has 4 nitrogen and oxygen atoms in total. The number of carbonyl (C=O) groups is 1. The Bertz CT molecular complexity index is 278. The highest BCUT2D eigenvalue weighted by Crippen LogP contribution is 2.44. The monoisotopic (exact) mass is 212 g/mol. The lowest BCUT2D eigenvalue weighted by atomic mass is 9.99. The number of carbonyl (C=O) groups excluding carboxylic acids is 1. The van der Waals surface area contributed by atoms with Crippen LogP contribution in [-0.4, -0.2) is 40.1 Å². The first kappa shape index (κ1) is 11.0. The molecule has 2 fully saturated rings. The van der Waals surface area contributed by atoms with Crippen LogP contribution >= 0.6 is 0 Å². The molecule has 15 heavy (non-hydrogen) atoms. The SMILES string of the molecule is CCCC(C)(C)N1CC1C1C(=O)C1NO. The van der Waals surface area contributed by atoms with Crippen LogP contribution in [0.15, 0.2) is 0 Å². The Morgan fingerprint density at radius 1 is 1.60 bits per heavy atom. The second-order valence-electron chi connectivity index (χ2n) is 5.32. The van der Waals surface area contributed by atoms with Crippen LogP contribution in [0.25, 0.3) is 0 Å². The lowest BCUT2D eigenvalue weighted by Gasteiger charge is -2.26. The first-order valence-electron chi connectivity index (χ1n) is 5.73. The van der Waals surface area contributed by atoms with Crippen LogP contribution in [0.2, 0.25) is 0 Å². The summed E-state index contributed by atoms with van der Waals surface area (Å²) in [6.45, 7) is 7.64. The number of nitrogens with one attached hydrogen (secondary N) is 1. The Kier molecular flexibility index (Phi) is 2.61. The first-order valence-corrected chi connectivity index (χ1v) is 5.73. The standard InChI is InChI=1S/C11H20N2O2/c1-4-5-11(2,3)13-6-7(13)8-9(12-15)10(8)14/h7-9,12,15H,4-6H2,1-3H3. The van der Waals surface area contributed by atoms with E-state index in [4.69, 9.17) is 5.21 Å². The lowest BCUT2D eigenvalue weighted by molar-refractivity contribution is -0.112. The van der Waals surface area contributed by atoms with Gasteiger partial charge in [0.2, 0.25) is 0 Å². The van der Waals surface area contributed by atoms with E-state index < -0.39 is 0 Å². The number of ketones is 1. The highest BCUT2D eigenvalue weighted by atomic mass is 16.5. The molecule has 1 aliphatic carbocycles. The Labute approximate surface area is 90.6 Å². The summed E-state index contributed by atoms with van der Waals surface area (Å²) < 4.78 is 0. The minimum atomic E-state index is -0.294. The Balaban J connectivity index is 1.89. The first-order chi connectivity index (χ1) is 7.03. The van der Waals surface area contributed by atoms with Gasteiger partial charge in [-0.15, -0.1) is 0 Å². The maximum absolute atomic E-state index is 11.3. The quantitative estimate of drug-likeness (QED) is 0.523. The van der Waals surface area contributed by atoms with Crippen LogP contribution in [0.3, 0.4) is 0 Å². The van der Waals surface area contributed by atoms with Crippen molar-refractivity contribution in [3.63, 3.8) is 0 Å². The number of Topliss-reactive ketones (excluding diaryl/α,β-unsaturated/α-hetero) is 1. The van der Waals surface area contributed by atoms with E-state index in [-0.39, 0.29) is 23.3 Å². The van der Waals surface area contributed by atoms with Crippen molar-refractivity contribution in [1.82, 2.24) is 10.4 Å².